The highest BCUT2D eigenvalue weighted by atomic mass is 32.2. The Bertz CT molecular complexity index is 588. The van der Waals surface area contributed by atoms with Crippen LogP contribution in [0.1, 0.15) is 12.5 Å². The third-order valence-corrected chi connectivity index (χ3v) is 4.41. The average Bonchev–Trinajstić information content (AvgIpc) is 2.34. The lowest BCUT2D eigenvalue weighted by molar-refractivity contribution is -0.134. The van der Waals surface area contributed by atoms with Gasteiger partial charge in [-0.1, -0.05) is 13.0 Å². The Labute approximate surface area is 116 Å². The van der Waals surface area contributed by atoms with Crippen molar-refractivity contribution in [2.24, 2.45) is 0 Å². The first-order valence-corrected chi connectivity index (χ1v) is 7.43. The van der Waals surface area contributed by atoms with Crippen LogP contribution in [-0.4, -0.2) is 43.2 Å². The second kappa shape index (κ2) is 6.67. The van der Waals surface area contributed by atoms with Gasteiger partial charge >= 0.3 is 5.97 Å². The van der Waals surface area contributed by atoms with E-state index in [1.54, 1.807) is 6.92 Å². The van der Waals surface area contributed by atoms with Gasteiger partial charge in [0.2, 0.25) is 10.0 Å². The van der Waals surface area contributed by atoms with E-state index in [2.05, 4.69) is 0 Å². The summed E-state index contributed by atoms with van der Waals surface area (Å²) in [5.74, 6) is -2.95. The van der Waals surface area contributed by atoms with E-state index in [1.165, 1.54) is 19.2 Å². The molecule has 0 aliphatic rings. The molecule has 0 saturated carbocycles. The van der Waals surface area contributed by atoms with Crippen LogP contribution in [0.4, 0.5) is 4.39 Å². The molecule has 112 valence electrons. The number of rotatable bonds is 7. The number of hydrogen-bond acceptors (Lipinski definition) is 4. The molecule has 0 amide bonds. The van der Waals surface area contributed by atoms with Gasteiger partial charge in [-0.3, -0.25) is 4.79 Å². The van der Waals surface area contributed by atoms with Crippen molar-refractivity contribution in [3.8, 4) is 5.75 Å². The topological polar surface area (TPSA) is 83.9 Å². The highest BCUT2D eigenvalue weighted by Gasteiger charge is 2.24. The second-order valence-corrected chi connectivity index (χ2v) is 6.01. The highest BCUT2D eigenvalue weighted by molar-refractivity contribution is 7.89. The monoisotopic (exact) mass is 305 g/mol. The number of carboxylic acids is 1. The Morgan fingerprint density at radius 2 is 2.10 bits per heavy atom. The number of nitrogens with zero attached hydrogens (tertiary/aromatic N) is 1. The van der Waals surface area contributed by atoms with Crippen molar-refractivity contribution in [3.05, 3.63) is 29.6 Å². The number of methoxy groups -OCH3 is 1. The molecule has 20 heavy (non-hydrogen) atoms. The lowest BCUT2D eigenvalue weighted by Crippen LogP contribution is -2.34. The van der Waals surface area contributed by atoms with Gasteiger partial charge in [-0.05, 0) is 17.7 Å². The number of carbonyl (C=O) groups is 1. The summed E-state index contributed by atoms with van der Waals surface area (Å²) in [5.41, 5.74) is 0.416. The molecule has 0 aliphatic heterocycles. The summed E-state index contributed by atoms with van der Waals surface area (Å²) in [7, 11) is -2.59. The number of benzene rings is 1. The highest BCUT2D eigenvalue weighted by Crippen LogP contribution is 2.19. The lowest BCUT2D eigenvalue weighted by Gasteiger charge is -2.19. The van der Waals surface area contributed by atoms with Crippen LogP contribution in [0, 0.1) is 5.82 Å². The molecule has 0 unspecified atom stereocenters. The molecule has 0 saturated heterocycles. The van der Waals surface area contributed by atoms with Gasteiger partial charge in [0.05, 0.1) is 7.11 Å². The Hall–Kier alpha value is -1.67. The van der Waals surface area contributed by atoms with Gasteiger partial charge in [0.15, 0.2) is 17.3 Å². The summed E-state index contributed by atoms with van der Waals surface area (Å²) in [5, 5.41) is 8.59. The maximum absolute atomic E-state index is 13.5. The third-order valence-electron chi connectivity index (χ3n) is 2.63. The van der Waals surface area contributed by atoms with Gasteiger partial charge in [-0.2, -0.15) is 4.31 Å². The standard InChI is InChI=1S/C12H16FNO5S/c1-3-14(20(17,18)8-12(15)16)7-9-4-5-11(19-2)10(13)6-9/h4-6H,3,7-8H2,1-2H3,(H,15,16). The smallest absolute Gasteiger partial charge is 0.320 e. The van der Waals surface area contributed by atoms with Gasteiger partial charge < -0.3 is 9.84 Å². The van der Waals surface area contributed by atoms with Crippen molar-refractivity contribution < 1.29 is 27.4 Å². The first-order valence-electron chi connectivity index (χ1n) is 5.82. The van der Waals surface area contributed by atoms with Crippen LogP contribution in [0.25, 0.3) is 0 Å². The Balaban J connectivity index is 2.94. The first kappa shape index (κ1) is 16.4. The van der Waals surface area contributed by atoms with Gasteiger partial charge in [-0.25, -0.2) is 12.8 Å². The fourth-order valence-corrected chi connectivity index (χ4v) is 2.90. The molecule has 0 aromatic heterocycles. The van der Waals surface area contributed by atoms with E-state index < -0.39 is 27.6 Å². The Morgan fingerprint density at radius 3 is 2.55 bits per heavy atom. The van der Waals surface area contributed by atoms with Gasteiger partial charge in [0, 0.05) is 13.1 Å². The predicted octanol–water partition coefficient (Wildman–Crippen LogP) is 1.07. The van der Waals surface area contributed by atoms with Crippen molar-refractivity contribution in [1.29, 1.82) is 0 Å². The molecule has 0 radical (unpaired) electrons. The zero-order valence-corrected chi connectivity index (χ0v) is 12.0. The third kappa shape index (κ3) is 4.17. The van der Waals surface area contributed by atoms with E-state index in [4.69, 9.17) is 9.84 Å². The van der Waals surface area contributed by atoms with E-state index in [0.29, 0.717) is 5.56 Å². The molecule has 0 aliphatic carbocycles. The molecule has 1 aromatic carbocycles. The van der Waals surface area contributed by atoms with E-state index in [0.717, 1.165) is 10.4 Å². The minimum Gasteiger partial charge on any atom is -0.494 e. The molecule has 0 heterocycles. The molecule has 1 rings (SSSR count). The van der Waals surface area contributed by atoms with Crippen LogP contribution in [0.15, 0.2) is 18.2 Å². The number of sulfonamides is 1. The van der Waals surface area contributed by atoms with E-state index >= 15 is 0 Å². The fourth-order valence-electron chi connectivity index (χ4n) is 1.67. The van der Waals surface area contributed by atoms with Crippen molar-refractivity contribution in [2.75, 3.05) is 19.4 Å². The van der Waals surface area contributed by atoms with Crippen LogP contribution in [0.2, 0.25) is 0 Å². The van der Waals surface area contributed by atoms with Crippen molar-refractivity contribution >= 4 is 16.0 Å². The number of aliphatic carboxylic acids is 1. The number of carboxylic acid groups (broad SMARTS) is 1. The zero-order valence-electron chi connectivity index (χ0n) is 11.2. The molecule has 0 fully saturated rings. The molecular formula is C12H16FNO5S. The minimum absolute atomic E-state index is 0.0604. The van der Waals surface area contributed by atoms with E-state index in [-0.39, 0.29) is 18.8 Å². The van der Waals surface area contributed by atoms with E-state index in [9.17, 15) is 17.6 Å². The molecule has 0 atom stereocenters. The number of halogens is 1. The predicted molar refractivity (Wildman–Crippen MR) is 70.5 cm³/mol. The first-order chi connectivity index (χ1) is 9.30. The zero-order chi connectivity index (χ0) is 15.3. The number of hydrogen-bond donors (Lipinski definition) is 1. The molecule has 1 N–H and O–H groups in total. The van der Waals surface area contributed by atoms with Crippen LogP contribution in [-0.2, 0) is 21.4 Å². The summed E-state index contributed by atoms with van der Waals surface area (Å²) in [6, 6.07) is 4.08. The quantitative estimate of drug-likeness (QED) is 0.814. The Morgan fingerprint density at radius 1 is 1.45 bits per heavy atom. The molecule has 6 nitrogen and oxygen atoms in total. The normalized spacial score (nSPS) is 11.6. The SMILES string of the molecule is CCN(Cc1ccc(OC)c(F)c1)S(=O)(=O)CC(=O)O. The maximum Gasteiger partial charge on any atom is 0.320 e. The second-order valence-electron chi connectivity index (χ2n) is 4.05. The summed E-state index contributed by atoms with van der Waals surface area (Å²) in [4.78, 5) is 10.5. The lowest BCUT2D eigenvalue weighted by atomic mass is 10.2. The van der Waals surface area contributed by atoms with Crippen LogP contribution in [0.3, 0.4) is 0 Å². The van der Waals surface area contributed by atoms with E-state index in [1.807, 2.05) is 0 Å². The molecular weight excluding hydrogens is 289 g/mol. The van der Waals surface area contributed by atoms with Crippen LogP contribution < -0.4 is 4.74 Å². The van der Waals surface area contributed by atoms with Crippen molar-refractivity contribution in [2.45, 2.75) is 13.5 Å². The van der Waals surface area contributed by atoms with Gasteiger partial charge in [0.25, 0.3) is 0 Å². The largest absolute Gasteiger partial charge is 0.494 e. The van der Waals surface area contributed by atoms with Gasteiger partial charge in [0.1, 0.15) is 0 Å². The average molecular weight is 305 g/mol. The van der Waals surface area contributed by atoms with Crippen LogP contribution in [0.5, 0.6) is 5.75 Å². The molecule has 0 spiro atoms. The van der Waals surface area contributed by atoms with Crippen LogP contribution >= 0.6 is 0 Å². The molecule has 0 bridgehead atoms. The maximum atomic E-state index is 13.5. The van der Waals surface area contributed by atoms with Gasteiger partial charge in [-0.15, -0.1) is 0 Å². The summed E-state index contributed by atoms with van der Waals surface area (Å²) < 4.78 is 42.9. The summed E-state index contributed by atoms with van der Waals surface area (Å²) in [6.07, 6.45) is 0. The van der Waals surface area contributed by atoms with Crippen molar-refractivity contribution in [3.63, 3.8) is 0 Å². The molecule has 8 heteroatoms. The Kier molecular flexibility index (Phi) is 5.46. The minimum atomic E-state index is -3.92. The summed E-state index contributed by atoms with van der Waals surface area (Å²) in [6.45, 7) is 1.59. The van der Waals surface area contributed by atoms with Crippen molar-refractivity contribution in [1.82, 2.24) is 4.31 Å². The number of ether oxygens (including phenoxy) is 1. The fraction of sp³-hybridized carbons (Fsp3) is 0.417. The summed E-state index contributed by atoms with van der Waals surface area (Å²) >= 11 is 0. The molecule has 1 aromatic rings.